The van der Waals surface area contributed by atoms with Crippen LogP contribution in [0.3, 0.4) is 0 Å². The molecule has 0 aliphatic carbocycles. The summed E-state index contributed by atoms with van der Waals surface area (Å²) in [5, 5.41) is 0. The number of ether oxygens (including phenoxy) is 1. The third kappa shape index (κ3) is 4.20. The van der Waals surface area contributed by atoms with E-state index in [1.807, 2.05) is 36.4 Å². The van der Waals surface area contributed by atoms with Gasteiger partial charge in [0.15, 0.2) is 0 Å². The normalized spacial score (nSPS) is 16.7. The topological polar surface area (TPSA) is 36.0 Å². The molecular weight excluding hydrogens is 350 g/mol. The average molecular weight is 377 g/mol. The number of benzene rings is 2. The van der Waals surface area contributed by atoms with E-state index in [1.165, 1.54) is 16.8 Å². The molecule has 0 bridgehead atoms. The monoisotopic (exact) mass is 377 g/mol. The van der Waals surface area contributed by atoms with Crippen LogP contribution in [0.5, 0.6) is 0 Å². The Morgan fingerprint density at radius 1 is 1.00 bits per heavy atom. The molecule has 0 aromatic heterocycles. The van der Waals surface area contributed by atoms with E-state index in [9.17, 15) is 4.79 Å². The van der Waals surface area contributed by atoms with Gasteiger partial charge in [0.05, 0.1) is 0 Å². The maximum Gasteiger partial charge on any atom is 0.410 e. The number of fused-ring (bicyclic) bond motifs is 1. The van der Waals surface area contributed by atoms with E-state index in [0.717, 1.165) is 38.3 Å². The van der Waals surface area contributed by atoms with Crippen LogP contribution < -0.4 is 4.90 Å². The van der Waals surface area contributed by atoms with Crippen LogP contribution in [0.2, 0.25) is 0 Å². The first-order chi connectivity index (χ1) is 13.7. The van der Waals surface area contributed by atoms with Crippen LogP contribution in [-0.4, -0.2) is 48.6 Å². The van der Waals surface area contributed by atoms with Gasteiger partial charge in [-0.05, 0) is 28.8 Å². The highest BCUT2D eigenvalue weighted by atomic mass is 16.6. The highest BCUT2D eigenvalue weighted by Crippen LogP contribution is 2.28. The minimum absolute atomic E-state index is 0.250. The van der Waals surface area contributed by atoms with Crippen LogP contribution in [-0.2, 0) is 24.4 Å². The zero-order valence-corrected chi connectivity index (χ0v) is 16.2. The van der Waals surface area contributed by atoms with Crippen molar-refractivity contribution in [2.45, 2.75) is 19.7 Å². The number of anilines is 1. The Labute approximate surface area is 166 Å². The molecule has 2 heterocycles. The third-order valence-corrected chi connectivity index (χ3v) is 5.50. The molecule has 2 aromatic carbocycles. The summed E-state index contributed by atoms with van der Waals surface area (Å²) in [7, 11) is 0. The molecule has 0 unspecified atom stereocenters. The highest BCUT2D eigenvalue weighted by molar-refractivity contribution is 5.69. The molecule has 4 rings (SSSR count). The molecule has 28 heavy (non-hydrogen) atoms. The number of rotatable bonds is 5. The van der Waals surface area contributed by atoms with E-state index in [-0.39, 0.29) is 6.09 Å². The van der Waals surface area contributed by atoms with Gasteiger partial charge in [-0.2, -0.15) is 0 Å². The predicted octanol–water partition coefficient (Wildman–Crippen LogP) is 3.65. The number of hydrogen-bond acceptors (Lipinski definition) is 4. The zero-order chi connectivity index (χ0) is 19.3. The van der Waals surface area contributed by atoms with Crippen molar-refractivity contribution in [3.63, 3.8) is 0 Å². The van der Waals surface area contributed by atoms with Gasteiger partial charge in [-0.1, -0.05) is 42.5 Å². The summed E-state index contributed by atoms with van der Waals surface area (Å²) in [5.41, 5.74) is 4.69. The Balaban J connectivity index is 1.34. The van der Waals surface area contributed by atoms with Gasteiger partial charge in [0.25, 0.3) is 0 Å². The van der Waals surface area contributed by atoms with E-state index in [4.69, 9.17) is 4.74 Å². The Morgan fingerprint density at radius 2 is 1.75 bits per heavy atom. The number of carbonyl (C=O) groups is 1. The molecule has 1 amide bonds. The van der Waals surface area contributed by atoms with Gasteiger partial charge in [0.2, 0.25) is 0 Å². The van der Waals surface area contributed by atoms with Crippen molar-refractivity contribution in [3.8, 4) is 0 Å². The molecule has 0 N–H and O–H groups in total. The maximum atomic E-state index is 12.5. The Kier molecular flexibility index (Phi) is 5.63. The second-order valence-electron chi connectivity index (χ2n) is 7.43. The van der Waals surface area contributed by atoms with E-state index < -0.39 is 0 Å². The number of piperazine rings is 1. The minimum Gasteiger partial charge on any atom is -0.445 e. The van der Waals surface area contributed by atoms with Gasteiger partial charge in [-0.3, -0.25) is 9.80 Å². The lowest BCUT2D eigenvalue weighted by atomic mass is 10.1. The van der Waals surface area contributed by atoms with E-state index in [2.05, 4.69) is 34.6 Å². The molecular formula is C23H27N3O2. The molecule has 0 radical (unpaired) electrons. The summed E-state index contributed by atoms with van der Waals surface area (Å²) >= 11 is 0. The van der Waals surface area contributed by atoms with Crippen LogP contribution in [0, 0.1) is 0 Å². The second-order valence-corrected chi connectivity index (χ2v) is 7.43. The molecule has 1 saturated heterocycles. The van der Waals surface area contributed by atoms with Crippen LogP contribution >= 0.6 is 0 Å². The van der Waals surface area contributed by atoms with Crippen molar-refractivity contribution >= 4 is 11.8 Å². The first-order valence-electron chi connectivity index (χ1n) is 9.88. The number of nitrogens with zero attached hydrogens (tertiary/aromatic N) is 3. The minimum atomic E-state index is -0.250. The molecule has 2 aromatic rings. The van der Waals surface area contributed by atoms with Gasteiger partial charge in [0.1, 0.15) is 6.61 Å². The molecule has 5 heteroatoms. The maximum absolute atomic E-state index is 12.5. The zero-order valence-electron chi connectivity index (χ0n) is 16.2. The smallest absolute Gasteiger partial charge is 0.410 e. The molecule has 2 aliphatic rings. The average Bonchev–Trinajstić information content (AvgIpc) is 3.17. The fourth-order valence-corrected chi connectivity index (χ4v) is 3.89. The fourth-order valence-electron chi connectivity index (χ4n) is 3.89. The van der Waals surface area contributed by atoms with Crippen LogP contribution in [0.25, 0.3) is 0 Å². The number of amides is 1. The Hall–Kier alpha value is -2.79. The molecule has 1 fully saturated rings. The lowest BCUT2D eigenvalue weighted by Gasteiger charge is -2.35. The number of carbonyl (C=O) groups excluding carboxylic acids is 1. The number of hydrogen-bond donors (Lipinski definition) is 0. The molecule has 0 spiro atoms. The summed E-state index contributed by atoms with van der Waals surface area (Å²) in [4.78, 5) is 19.1. The predicted molar refractivity (Wildman–Crippen MR) is 111 cm³/mol. The van der Waals surface area contributed by atoms with Crippen LogP contribution in [0.4, 0.5) is 10.5 Å². The largest absolute Gasteiger partial charge is 0.445 e. The summed E-state index contributed by atoms with van der Waals surface area (Å²) < 4.78 is 5.49. The van der Waals surface area contributed by atoms with Crippen molar-refractivity contribution < 1.29 is 9.53 Å². The Bertz CT molecular complexity index is 829. The van der Waals surface area contributed by atoms with Crippen molar-refractivity contribution in [2.24, 2.45) is 0 Å². The fraction of sp³-hybridized carbons (Fsp3) is 0.348. The molecule has 2 aliphatic heterocycles. The third-order valence-electron chi connectivity index (χ3n) is 5.50. The highest BCUT2D eigenvalue weighted by Gasteiger charge is 2.26. The quantitative estimate of drug-likeness (QED) is 0.746. The van der Waals surface area contributed by atoms with Gasteiger partial charge in [0, 0.05) is 51.5 Å². The van der Waals surface area contributed by atoms with Crippen molar-refractivity contribution in [3.05, 3.63) is 77.9 Å². The van der Waals surface area contributed by atoms with Crippen LogP contribution in [0.15, 0.2) is 61.2 Å². The standard InChI is InChI=1S/C23H27N3O2/c1-2-10-24-11-13-25(14-12-24)22-9-8-20-16-26(17-21(20)15-22)23(27)28-18-19-6-4-3-5-7-19/h2-9,15H,1,10-14,16-18H2. The van der Waals surface area contributed by atoms with Gasteiger partial charge >= 0.3 is 6.09 Å². The SMILES string of the molecule is C=CCN1CCN(c2ccc3c(c2)CN(C(=O)OCc2ccccc2)C3)CC1. The molecule has 5 nitrogen and oxygen atoms in total. The first kappa shape index (κ1) is 18.6. The Morgan fingerprint density at radius 3 is 2.50 bits per heavy atom. The van der Waals surface area contributed by atoms with E-state index in [1.54, 1.807) is 4.90 Å². The van der Waals surface area contributed by atoms with Gasteiger partial charge < -0.3 is 9.64 Å². The van der Waals surface area contributed by atoms with Crippen LogP contribution in [0.1, 0.15) is 16.7 Å². The first-order valence-corrected chi connectivity index (χ1v) is 9.88. The molecule has 146 valence electrons. The van der Waals surface area contributed by atoms with Crippen molar-refractivity contribution in [1.29, 1.82) is 0 Å². The summed E-state index contributed by atoms with van der Waals surface area (Å²) in [6.07, 6.45) is 1.72. The summed E-state index contributed by atoms with van der Waals surface area (Å²) in [6, 6.07) is 16.4. The molecule has 0 saturated carbocycles. The lowest BCUT2D eigenvalue weighted by Crippen LogP contribution is -2.46. The second kappa shape index (κ2) is 8.48. The van der Waals surface area contributed by atoms with Gasteiger partial charge in [-0.15, -0.1) is 6.58 Å². The lowest BCUT2D eigenvalue weighted by molar-refractivity contribution is 0.0955. The summed E-state index contributed by atoms with van der Waals surface area (Å²) in [5.74, 6) is 0. The molecule has 0 atom stereocenters. The van der Waals surface area contributed by atoms with Gasteiger partial charge in [-0.25, -0.2) is 4.79 Å². The van der Waals surface area contributed by atoms with E-state index >= 15 is 0 Å². The van der Waals surface area contributed by atoms with Crippen molar-refractivity contribution in [2.75, 3.05) is 37.6 Å². The van der Waals surface area contributed by atoms with Crippen molar-refractivity contribution in [1.82, 2.24) is 9.80 Å². The van der Waals surface area contributed by atoms with E-state index in [0.29, 0.717) is 19.7 Å². The summed E-state index contributed by atoms with van der Waals surface area (Å²) in [6.45, 7) is 10.5.